The molecule has 0 aromatic heterocycles. The van der Waals surface area contributed by atoms with Crippen LogP contribution < -0.4 is 11.1 Å². The van der Waals surface area contributed by atoms with Gasteiger partial charge in [0.05, 0.1) is 12.5 Å². The third kappa shape index (κ3) is 2.46. The first-order valence-corrected chi connectivity index (χ1v) is 7.35. The van der Waals surface area contributed by atoms with E-state index in [1.165, 1.54) is 0 Å². The number of nitrogens with two attached hydrogens (primary N) is 1. The molecule has 102 valence electrons. The molecular weight excluding hydrogens is 340 g/mol. The molecule has 3 nitrogen and oxygen atoms in total. The predicted molar refractivity (Wildman–Crippen MR) is 84.0 cm³/mol. The highest BCUT2D eigenvalue weighted by Crippen LogP contribution is 2.32. The van der Waals surface area contributed by atoms with E-state index >= 15 is 0 Å². The number of amides is 1. The lowest BCUT2D eigenvalue weighted by Crippen LogP contribution is -2.12. The van der Waals surface area contributed by atoms with E-state index in [1.54, 1.807) is 0 Å². The lowest BCUT2D eigenvalue weighted by Gasteiger charge is -2.15. The van der Waals surface area contributed by atoms with Crippen LogP contribution in [0, 0.1) is 0 Å². The lowest BCUT2D eigenvalue weighted by atomic mass is 9.97. The van der Waals surface area contributed by atoms with Crippen LogP contribution >= 0.6 is 27.5 Å². The zero-order valence-electron chi connectivity index (χ0n) is 10.5. The Morgan fingerprint density at radius 2 is 2.05 bits per heavy atom. The van der Waals surface area contributed by atoms with E-state index in [0.29, 0.717) is 11.4 Å². The Morgan fingerprint density at radius 1 is 1.25 bits per heavy atom. The van der Waals surface area contributed by atoms with E-state index in [9.17, 15) is 4.79 Å². The highest BCUT2D eigenvalue weighted by Gasteiger charge is 2.20. The summed E-state index contributed by atoms with van der Waals surface area (Å²) >= 11 is 9.43. The molecule has 5 heteroatoms. The summed E-state index contributed by atoms with van der Waals surface area (Å²) in [5.74, 6) is 0.0263. The molecule has 0 saturated heterocycles. The van der Waals surface area contributed by atoms with E-state index < -0.39 is 0 Å². The Morgan fingerprint density at radius 3 is 2.80 bits per heavy atom. The molecule has 1 heterocycles. The number of benzene rings is 2. The second kappa shape index (κ2) is 5.20. The monoisotopic (exact) mass is 350 g/mol. The van der Waals surface area contributed by atoms with Crippen molar-refractivity contribution in [1.82, 2.24) is 0 Å². The minimum absolute atomic E-state index is 0.0263. The van der Waals surface area contributed by atoms with Crippen molar-refractivity contribution in [2.24, 2.45) is 5.73 Å². The van der Waals surface area contributed by atoms with E-state index in [1.807, 2.05) is 36.4 Å². The number of fused-ring (bicyclic) bond motifs is 1. The second-order valence-corrected chi connectivity index (χ2v) is 6.08. The van der Waals surface area contributed by atoms with Crippen molar-refractivity contribution in [3.63, 3.8) is 0 Å². The molecule has 3 N–H and O–H groups in total. The van der Waals surface area contributed by atoms with Crippen molar-refractivity contribution in [2.75, 3.05) is 5.32 Å². The normalized spacial score (nSPS) is 14.8. The molecule has 0 aliphatic carbocycles. The Bertz CT molecular complexity index is 702. The van der Waals surface area contributed by atoms with Crippen LogP contribution in [-0.4, -0.2) is 5.91 Å². The van der Waals surface area contributed by atoms with Crippen LogP contribution in [0.1, 0.15) is 22.7 Å². The highest BCUT2D eigenvalue weighted by atomic mass is 79.9. The van der Waals surface area contributed by atoms with Crippen molar-refractivity contribution in [3.8, 4) is 0 Å². The molecule has 1 aliphatic heterocycles. The lowest BCUT2D eigenvalue weighted by molar-refractivity contribution is -0.115. The maximum Gasteiger partial charge on any atom is 0.228 e. The summed E-state index contributed by atoms with van der Waals surface area (Å²) in [4.78, 5) is 11.4. The maximum absolute atomic E-state index is 11.4. The van der Waals surface area contributed by atoms with Gasteiger partial charge < -0.3 is 11.1 Å². The second-order valence-electron chi connectivity index (χ2n) is 4.79. The zero-order chi connectivity index (χ0) is 14.3. The summed E-state index contributed by atoms with van der Waals surface area (Å²) in [6.07, 6.45) is 0.414. The summed E-state index contributed by atoms with van der Waals surface area (Å²) in [6.45, 7) is 0. The molecule has 1 unspecified atom stereocenters. The molecule has 1 atom stereocenters. The summed E-state index contributed by atoms with van der Waals surface area (Å²) in [6, 6.07) is 11.1. The van der Waals surface area contributed by atoms with E-state index in [4.69, 9.17) is 17.3 Å². The number of carbonyl (C=O) groups is 1. The molecule has 1 amide bonds. The Hall–Kier alpha value is -1.36. The first-order chi connectivity index (χ1) is 9.54. The third-order valence-corrected chi connectivity index (χ3v) is 4.33. The minimum atomic E-state index is -0.261. The van der Waals surface area contributed by atoms with Gasteiger partial charge in [-0.15, -0.1) is 0 Å². The van der Waals surface area contributed by atoms with Gasteiger partial charge in [-0.25, -0.2) is 0 Å². The van der Waals surface area contributed by atoms with Crippen LogP contribution in [0.25, 0.3) is 0 Å². The average Bonchev–Trinajstić information content (AvgIpc) is 2.77. The largest absolute Gasteiger partial charge is 0.326 e. The number of carbonyl (C=O) groups excluding carboxylic acids is 1. The van der Waals surface area contributed by atoms with Gasteiger partial charge in [-0.05, 0) is 34.9 Å². The molecular formula is C15H12BrClN2O. The van der Waals surface area contributed by atoms with Gasteiger partial charge in [0.15, 0.2) is 0 Å². The summed E-state index contributed by atoms with van der Waals surface area (Å²) in [5.41, 5.74) is 10.1. The van der Waals surface area contributed by atoms with Crippen LogP contribution in [0.15, 0.2) is 40.9 Å². The molecule has 3 rings (SSSR count). The first kappa shape index (κ1) is 13.6. The fourth-order valence-electron chi connectivity index (χ4n) is 2.38. The van der Waals surface area contributed by atoms with Crippen LogP contribution in [-0.2, 0) is 11.2 Å². The van der Waals surface area contributed by atoms with Gasteiger partial charge in [-0.3, -0.25) is 4.79 Å². The first-order valence-electron chi connectivity index (χ1n) is 6.18. The Balaban J connectivity index is 1.97. The number of halogens is 2. The number of anilines is 1. The number of hydrogen-bond acceptors (Lipinski definition) is 2. The van der Waals surface area contributed by atoms with Crippen LogP contribution in [0.5, 0.6) is 0 Å². The molecule has 0 fully saturated rings. The van der Waals surface area contributed by atoms with Crippen molar-refractivity contribution in [1.29, 1.82) is 0 Å². The van der Waals surface area contributed by atoms with E-state index in [0.717, 1.165) is 26.9 Å². The van der Waals surface area contributed by atoms with Crippen molar-refractivity contribution in [3.05, 3.63) is 62.6 Å². The van der Waals surface area contributed by atoms with Crippen molar-refractivity contribution < 1.29 is 4.79 Å². The molecule has 2 aromatic rings. The SMILES string of the molecule is NC(c1ccc2c(c1)CC(=O)N2)c1ccc(Cl)cc1Br. The molecule has 0 saturated carbocycles. The standard InChI is InChI=1S/C15H12BrClN2O/c16-12-7-10(17)2-3-11(12)15(18)8-1-4-13-9(5-8)6-14(20)19-13/h1-5,7,15H,6,18H2,(H,19,20). The van der Waals surface area contributed by atoms with Crippen LogP contribution in [0.2, 0.25) is 5.02 Å². The number of rotatable bonds is 2. The fourth-order valence-corrected chi connectivity index (χ4v) is 3.31. The molecule has 0 spiro atoms. The molecule has 0 radical (unpaired) electrons. The summed E-state index contributed by atoms with van der Waals surface area (Å²) in [5, 5.41) is 3.48. The topological polar surface area (TPSA) is 55.1 Å². The Labute approximate surface area is 130 Å². The number of nitrogens with one attached hydrogen (secondary N) is 1. The molecule has 0 bridgehead atoms. The number of hydrogen-bond donors (Lipinski definition) is 2. The molecule has 1 aliphatic rings. The van der Waals surface area contributed by atoms with Gasteiger partial charge in [0, 0.05) is 15.2 Å². The third-order valence-electron chi connectivity index (χ3n) is 3.41. The zero-order valence-corrected chi connectivity index (χ0v) is 12.8. The van der Waals surface area contributed by atoms with Crippen LogP contribution in [0.4, 0.5) is 5.69 Å². The van der Waals surface area contributed by atoms with E-state index in [-0.39, 0.29) is 11.9 Å². The van der Waals surface area contributed by atoms with Crippen LogP contribution in [0.3, 0.4) is 0 Å². The van der Waals surface area contributed by atoms with Gasteiger partial charge in [0.1, 0.15) is 0 Å². The smallest absolute Gasteiger partial charge is 0.228 e. The molecule has 20 heavy (non-hydrogen) atoms. The van der Waals surface area contributed by atoms with Gasteiger partial charge >= 0.3 is 0 Å². The summed E-state index contributed by atoms with van der Waals surface area (Å²) < 4.78 is 0.882. The van der Waals surface area contributed by atoms with Gasteiger partial charge in [0.25, 0.3) is 0 Å². The predicted octanol–water partition coefficient (Wildman–Crippen LogP) is 3.65. The maximum atomic E-state index is 11.4. The quantitative estimate of drug-likeness (QED) is 0.868. The fraction of sp³-hybridized carbons (Fsp3) is 0.133. The Kier molecular flexibility index (Phi) is 3.54. The highest BCUT2D eigenvalue weighted by molar-refractivity contribution is 9.10. The van der Waals surface area contributed by atoms with Gasteiger partial charge in [0.2, 0.25) is 5.91 Å². The summed E-state index contributed by atoms with van der Waals surface area (Å²) in [7, 11) is 0. The van der Waals surface area contributed by atoms with Gasteiger partial charge in [-0.1, -0.05) is 45.7 Å². The minimum Gasteiger partial charge on any atom is -0.326 e. The van der Waals surface area contributed by atoms with Gasteiger partial charge in [-0.2, -0.15) is 0 Å². The average molecular weight is 352 g/mol. The molecule has 2 aromatic carbocycles. The van der Waals surface area contributed by atoms with Crippen molar-refractivity contribution in [2.45, 2.75) is 12.5 Å². The van der Waals surface area contributed by atoms with Crippen molar-refractivity contribution >= 4 is 39.1 Å². The van der Waals surface area contributed by atoms with E-state index in [2.05, 4.69) is 21.2 Å².